The Bertz CT molecular complexity index is 3030. The van der Waals surface area contributed by atoms with Crippen molar-refractivity contribution < 1.29 is 38.7 Å². The number of benzene rings is 7. The molecule has 9 N–H and O–H groups in total. The predicted octanol–water partition coefficient (Wildman–Crippen LogP) is 5.01. The first-order valence-corrected chi connectivity index (χ1v) is 25.9. The van der Waals surface area contributed by atoms with Gasteiger partial charge in [-0.2, -0.15) is 0 Å². The summed E-state index contributed by atoms with van der Waals surface area (Å²) in [6, 6.07) is 54.4. The molecule has 0 unspecified atom stereocenters. The van der Waals surface area contributed by atoms with E-state index in [2.05, 4.69) is 31.9 Å². The largest absolute Gasteiger partial charge is 0.480 e. The zero-order valence-corrected chi connectivity index (χ0v) is 43.1. The molecule has 15 nitrogen and oxygen atoms in total. The number of carboxylic acid groups (broad SMARTS) is 1. The topological polar surface area (TPSA) is 238 Å². The van der Waals surface area contributed by atoms with Crippen LogP contribution in [0.25, 0.3) is 0 Å². The standard InChI is InChI=1S/C63H65N7O8/c64-50(36-43-22-8-1-9-23-43)57(71)65-51(37-44-24-10-2-11-25-44)58(72)66-52(38-45-26-12-3-13-27-45)59(73)67-53(39-46-28-14-4-15-29-46)60(74)68-54(40-47-30-16-5-17-31-47)61(75)69-55(41-48-32-18-6-19-33-48)62(76)70-56(63(77)78)42-49-34-20-7-21-35-49/h1-35,50-56H,36-42,64H2,(H,65,71)(H,66,72)(H,67,73)(H,68,74)(H,69,75)(H,70,76)(H,77,78)/t50-,51+,52-,53+,54-,55+,56-/m0/s1. The number of carbonyl (C=O) groups excluding carboxylic acids is 6. The summed E-state index contributed by atoms with van der Waals surface area (Å²) >= 11 is 0. The quantitative estimate of drug-likeness (QED) is 0.0345. The van der Waals surface area contributed by atoms with Crippen molar-refractivity contribution in [2.45, 2.75) is 87.2 Å². The van der Waals surface area contributed by atoms with Crippen LogP contribution in [0.5, 0.6) is 0 Å². The van der Waals surface area contributed by atoms with Crippen LogP contribution in [-0.2, 0) is 78.5 Å². The normalized spacial score (nSPS) is 13.6. The van der Waals surface area contributed by atoms with Gasteiger partial charge in [0.25, 0.3) is 0 Å². The predicted molar refractivity (Wildman–Crippen MR) is 298 cm³/mol. The van der Waals surface area contributed by atoms with Crippen molar-refractivity contribution in [3.8, 4) is 0 Å². The maximum Gasteiger partial charge on any atom is 0.326 e. The van der Waals surface area contributed by atoms with Crippen molar-refractivity contribution in [2.75, 3.05) is 0 Å². The average molecular weight is 1050 g/mol. The molecule has 0 aromatic heterocycles. The Kier molecular flexibility index (Phi) is 21.1. The second-order valence-electron chi connectivity index (χ2n) is 19.1. The zero-order chi connectivity index (χ0) is 55.1. The van der Waals surface area contributed by atoms with Crippen LogP contribution in [0.4, 0.5) is 0 Å². The number of aliphatic carboxylic acids is 1. The minimum atomic E-state index is -1.33. The SMILES string of the molecule is N[C@@H](Cc1ccccc1)C(=O)N[C@H](Cc1ccccc1)C(=O)N[C@@H](Cc1ccccc1)C(=O)N[C@H](Cc1ccccc1)C(=O)N[C@@H](Cc1ccccc1)C(=O)N[C@H](Cc1ccccc1)C(=O)N[C@@H](Cc1ccccc1)C(=O)O. The van der Waals surface area contributed by atoms with Gasteiger partial charge in [-0.1, -0.05) is 212 Å². The number of hydrogen-bond acceptors (Lipinski definition) is 8. The minimum Gasteiger partial charge on any atom is -0.480 e. The molecule has 7 aromatic rings. The van der Waals surface area contributed by atoms with Crippen LogP contribution < -0.4 is 37.6 Å². The Morgan fingerprint density at radius 3 is 0.641 bits per heavy atom. The first-order chi connectivity index (χ1) is 37.9. The molecule has 0 saturated heterocycles. The second kappa shape index (κ2) is 29.2. The van der Waals surface area contributed by atoms with E-state index >= 15 is 0 Å². The molecule has 400 valence electrons. The molecule has 7 aromatic carbocycles. The maximum atomic E-state index is 14.9. The summed E-state index contributed by atoms with van der Waals surface area (Å²) in [7, 11) is 0. The molecule has 0 bridgehead atoms. The van der Waals surface area contributed by atoms with Gasteiger partial charge in [-0.05, 0) is 45.4 Å². The Morgan fingerprint density at radius 1 is 0.269 bits per heavy atom. The highest BCUT2D eigenvalue weighted by Gasteiger charge is 2.35. The molecule has 0 heterocycles. The lowest BCUT2D eigenvalue weighted by Crippen LogP contribution is -2.61. The molecule has 7 rings (SSSR count). The summed E-state index contributed by atoms with van der Waals surface area (Å²) in [6.45, 7) is 0. The van der Waals surface area contributed by atoms with Crippen molar-refractivity contribution in [2.24, 2.45) is 5.73 Å². The molecule has 0 aliphatic carbocycles. The zero-order valence-electron chi connectivity index (χ0n) is 43.1. The molecule has 6 amide bonds. The Labute approximate surface area is 454 Å². The lowest BCUT2D eigenvalue weighted by molar-refractivity contribution is -0.142. The molecule has 0 aliphatic rings. The van der Waals surface area contributed by atoms with Gasteiger partial charge in [0.15, 0.2) is 0 Å². The molecule has 0 spiro atoms. The van der Waals surface area contributed by atoms with Gasteiger partial charge in [0.2, 0.25) is 35.4 Å². The van der Waals surface area contributed by atoms with E-state index in [0.717, 1.165) is 11.1 Å². The van der Waals surface area contributed by atoms with Crippen molar-refractivity contribution in [3.63, 3.8) is 0 Å². The third-order valence-corrected chi connectivity index (χ3v) is 13.1. The van der Waals surface area contributed by atoms with E-state index in [9.17, 15) is 38.7 Å². The molecule has 7 atom stereocenters. The van der Waals surface area contributed by atoms with Crippen LogP contribution in [0.15, 0.2) is 212 Å². The summed E-state index contributed by atoms with van der Waals surface area (Å²) in [4.78, 5) is 99.5. The molecule has 15 heteroatoms. The van der Waals surface area contributed by atoms with Gasteiger partial charge in [0.1, 0.15) is 36.3 Å². The number of carbonyl (C=O) groups is 7. The summed E-state index contributed by atoms with van der Waals surface area (Å²) in [5.41, 5.74) is 11.4. The number of nitrogens with one attached hydrogen (secondary N) is 6. The molecule has 0 saturated carbocycles. The summed E-state index contributed by atoms with van der Waals surface area (Å²) in [6.07, 6.45) is 0.187. The molecule has 0 radical (unpaired) electrons. The van der Waals surface area contributed by atoms with E-state index in [1.807, 2.05) is 72.8 Å². The van der Waals surface area contributed by atoms with Crippen LogP contribution in [0.3, 0.4) is 0 Å². The minimum absolute atomic E-state index is 0.00436. The number of carboxylic acids is 1. The highest BCUT2D eigenvalue weighted by atomic mass is 16.4. The lowest BCUT2D eigenvalue weighted by atomic mass is 9.99. The fourth-order valence-corrected chi connectivity index (χ4v) is 8.95. The summed E-state index contributed by atoms with van der Waals surface area (Å²) < 4.78 is 0. The van der Waals surface area contributed by atoms with Gasteiger partial charge in [0, 0.05) is 38.5 Å². The van der Waals surface area contributed by atoms with E-state index in [1.165, 1.54) is 0 Å². The lowest BCUT2D eigenvalue weighted by Gasteiger charge is -2.28. The average Bonchev–Trinajstić information content (AvgIpc) is 3.46. The van der Waals surface area contributed by atoms with Crippen molar-refractivity contribution in [1.29, 1.82) is 0 Å². The van der Waals surface area contributed by atoms with Crippen LogP contribution in [0.2, 0.25) is 0 Å². The Morgan fingerprint density at radius 2 is 0.436 bits per heavy atom. The first kappa shape index (κ1) is 56.5. The highest BCUT2D eigenvalue weighted by molar-refractivity contribution is 5.97. The maximum absolute atomic E-state index is 14.9. The Balaban J connectivity index is 1.15. The third-order valence-electron chi connectivity index (χ3n) is 13.1. The van der Waals surface area contributed by atoms with Crippen molar-refractivity contribution in [3.05, 3.63) is 251 Å². The van der Waals surface area contributed by atoms with E-state index in [-0.39, 0.29) is 44.9 Å². The van der Waals surface area contributed by atoms with Crippen molar-refractivity contribution >= 4 is 41.4 Å². The van der Waals surface area contributed by atoms with Gasteiger partial charge in [-0.15, -0.1) is 0 Å². The molecular weight excluding hydrogens is 983 g/mol. The van der Waals surface area contributed by atoms with Gasteiger partial charge in [-0.25, -0.2) is 4.79 Å². The second-order valence-corrected chi connectivity index (χ2v) is 19.1. The van der Waals surface area contributed by atoms with Gasteiger partial charge in [0.05, 0.1) is 6.04 Å². The highest BCUT2D eigenvalue weighted by Crippen LogP contribution is 2.14. The van der Waals surface area contributed by atoms with Crippen LogP contribution in [0.1, 0.15) is 38.9 Å². The molecular formula is C63H65N7O8. The smallest absolute Gasteiger partial charge is 0.326 e. The third kappa shape index (κ3) is 18.0. The van der Waals surface area contributed by atoms with Crippen LogP contribution in [0, 0.1) is 0 Å². The van der Waals surface area contributed by atoms with Crippen molar-refractivity contribution in [1.82, 2.24) is 31.9 Å². The van der Waals surface area contributed by atoms with E-state index in [4.69, 9.17) is 5.73 Å². The van der Waals surface area contributed by atoms with Gasteiger partial charge >= 0.3 is 5.97 Å². The van der Waals surface area contributed by atoms with Crippen LogP contribution in [-0.4, -0.2) is 88.8 Å². The first-order valence-electron chi connectivity index (χ1n) is 25.9. The Hall–Kier alpha value is -9.21. The number of amides is 6. The number of hydrogen-bond donors (Lipinski definition) is 8. The van der Waals surface area contributed by atoms with E-state index in [0.29, 0.717) is 27.8 Å². The fraction of sp³-hybridized carbons (Fsp3) is 0.222. The van der Waals surface area contributed by atoms with E-state index in [1.54, 1.807) is 140 Å². The van der Waals surface area contributed by atoms with Gasteiger partial charge in [-0.3, -0.25) is 28.8 Å². The van der Waals surface area contributed by atoms with E-state index < -0.39 is 83.7 Å². The fourth-order valence-electron chi connectivity index (χ4n) is 8.95. The summed E-state index contributed by atoms with van der Waals surface area (Å²) in [5.74, 6) is -5.45. The van der Waals surface area contributed by atoms with Gasteiger partial charge < -0.3 is 42.7 Å². The number of rotatable bonds is 27. The molecule has 78 heavy (non-hydrogen) atoms. The molecule has 0 aliphatic heterocycles. The number of nitrogens with two attached hydrogens (primary N) is 1. The monoisotopic (exact) mass is 1050 g/mol. The molecule has 0 fully saturated rings. The van der Waals surface area contributed by atoms with Crippen LogP contribution >= 0.6 is 0 Å². The summed E-state index contributed by atoms with van der Waals surface area (Å²) in [5, 5.41) is 27.2.